The van der Waals surface area contributed by atoms with E-state index in [-0.39, 0.29) is 18.0 Å². The molecule has 0 radical (unpaired) electrons. The van der Waals surface area contributed by atoms with Crippen LogP contribution in [0, 0.1) is 6.92 Å². The van der Waals surface area contributed by atoms with E-state index in [1.807, 2.05) is 55.5 Å². The van der Waals surface area contributed by atoms with Gasteiger partial charge in [0.1, 0.15) is 0 Å². The number of anilines is 2. The first-order valence-corrected chi connectivity index (χ1v) is 8.97. The van der Waals surface area contributed by atoms with Crippen LogP contribution >= 0.6 is 0 Å². The number of hydrogen-bond acceptors (Lipinski definition) is 2. The highest BCUT2D eigenvalue weighted by molar-refractivity contribution is 5.97. The van der Waals surface area contributed by atoms with E-state index in [4.69, 9.17) is 0 Å². The van der Waals surface area contributed by atoms with Gasteiger partial charge < -0.3 is 15.5 Å². The van der Waals surface area contributed by atoms with Gasteiger partial charge in [-0.2, -0.15) is 0 Å². The topological polar surface area (TPSA) is 61.4 Å². The zero-order valence-corrected chi connectivity index (χ0v) is 15.5. The molecule has 2 N–H and O–H groups in total. The van der Waals surface area contributed by atoms with Crippen LogP contribution in [0.15, 0.2) is 48.5 Å². The summed E-state index contributed by atoms with van der Waals surface area (Å²) in [6.07, 6.45) is 0.313. The molecule has 3 rings (SSSR count). The molecule has 3 amide bonds. The minimum atomic E-state index is -0.286. The Bertz CT molecular complexity index is 782. The van der Waals surface area contributed by atoms with E-state index >= 15 is 0 Å². The van der Waals surface area contributed by atoms with Crippen LogP contribution in [-0.2, 0) is 4.79 Å². The second kappa shape index (κ2) is 7.60. The van der Waals surface area contributed by atoms with Gasteiger partial charge in [-0.25, -0.2) is 4.79 Å². The van der Waals surface area contributed by atoms with Crippen molar-refractivity contribution in [1.82, 2.24) is 5.32 Å². The van der Waals surface area contributed by atoms with E-state index in [1.54, 1.807) is 4.90 Å². The lowest BCUT2D eigenvalue weighted by atomic mass is 10.0. The van der Waals surface area contributed by atoms with Crippen LogP contribution in [0.4, 0.5) is 16.2 Å². The third kappa shape index (κ3) is 4.23. The van der Waals surface area contributed by atoms with Crippen LogP contribution in [-0.4, -0.2) is 24.5 Å². The number of amides is 3. The molecule has 0 saturated carbocycles. The molecule has 2 aromatic rings. The highest BCUT2D eigenvalue weighted by Gasteiger charge is 2.31. The molecule has 0 aromatic heterocycles. The summed E-state index contributed by atoms with van der Waals surface area (Å²) >= 11 is 0. The van der Waals surface area contributed by atoms with Crippen molar-refractivity contribution < 1.29 is 9.59 Å². The molecule has 5 nitrogen and oxygen atoms in total. The Hall–Kier alpha value is -2.82. The fourth-order valence-corrected chi connectivity index (χ4v) is 3.08. The van der Waals surface area contributed by atoms with E-state index in [0.29, 0.717) is 18.9 Å². The monoisotopic (exact) mass is 351 g/mol. The number of carbonyl (C=O) groups excluding carboxylic acids is 2. The quantitative estimate of drug-likeness (QED) is 0.873. The Morgan fingerprint density at radius 2 is 1.73 bits per heavy atom. The number of benzene rings is 2. The second-order valence-electron chi connectivity index (χ2n) is 7.12. The molecule has 0 aliphatic carbocycles. The van der Waals surface area contributed by atoms with Crippen molar-refractivity contribution in [2.45, 2.75) is 39.2 Å². The van der Waals surface area contributed by atoms with Crippen LogP contribution in [0.5, 0.6) is 0 Å². The molecule has 26 heavy (non-hydrogen) atoms. The van der Waals surface area contributed by atoms with Crippen LogP contribution < -0.4 is 15.5 Å². The van der Waals surface area contributed by atoms with Crippen molar-refractivity contribution in [1.29, 1.82) is 0 Å². The molecule has 1 fully saturated rings. The average molecular weight is 351 g/mol. The molecular weight excluding hydrogens is 326 g/mol. The number of nitrogens with zero attached hydrogens (tertiary/aromatic N) is 1. The number of nitrogens with one attached hydrogen (secondary N) is 2. The van der Waals surface area contributed by atoms with Crippen molar-refractivity contribution in [2.24, 2.45) is 0 Å². The molecule has 1 heterocycles. The van der Waals surface area contributed by atoms with E-state index in [0.717, 1.165) is 16.9 Å². The van der Waals surface area contributed by atoms with Crippen LogP contribution in [0.2, 0.25) is 0 Å². The molecular formula is C21H25N3O2. The average Bonchev–Trinajstić information content (AvgIpc) is 2.96. The normalized spacial score (nSPS) is 16.8. The summed E-state index contributed by atoms with van der Waals surface area (Å²) in [6.45, 7) is 6.76. The summed E-state index contributed by atoms with van der Waals surface area (Å²) in [5, 5.41) is 5.73. The minimum absolute atomic E-state index is 0.0282. The van der Waals surface area contributed by atoms with E-state index in [1.165, 1.54) is 5.56 Å². The summed E-state index contributed by atoms with van der Waals surface area (Å²) < 4.78 is 0. The predicted octanol–water partition coefficient (Wildman–Crippen LogP) is 4.05. The standard InChI is InChI=1S/C21H25N3O2/c1-14(2)16-6-8-17(9-7-16)22-21(26)23-18-12-20(25)24(13-18)19-10-4-15(3)5-11-19/h4-11,14,18H,12-13H2,1-3H3,(H2,22,23,26)/t18-/m0/s1. The first kappa shape index (κ1) is 18.0. The third-order valence-corrected chi connectivity index (χ3v) is 4.64. The zero-order valence-electron chi connectivity index (χ0n) is 15.5. The summed E-state index contributed by atoms with van der Waals surface area (Å²) in [5.41, 5.74) is 3.99. The number of urea groups is 1. The fraction of sp³-hybridized carbons (Fsp3) is 0.333. The van der Waals surface area contributed by atoms with Crippen molar-refractivity contribution in [3.05, 3.63) is 59.7 Å². The van der Waals surface area contributed by atoms with Crippen molar-refractivity contribution in [3.63, 3.8) is 0 Å². The molecule has 1 atom stereocenters. The number of carbonyl (C=O) groups is 2. The molecule has 5 heteroatoms. The lowest BCUT2D eigenvalue weighted by Crippen LogP contribution is -2.39. The lowest BCUT2D eigenvalue weighted by molar-refractivity contribution is -0.117. The van der Waals surface area contributed by atoms with Gasteiger partial charge in [0.15, 0.2) is 0 Å². The lowest BCUT2D eigenvalue weighted by Gasteiger charge is -2.17. The fourth-order valence-electron chi connectivity index (χ4n) is 3.08. The van der Waals surface area contributed by atoms with Gasteiger partial charge in [-0.05, 0) is 42.7 Å². The Labute approximate surface area is 154 Å². The van der Waals surface area contributed by atoms with Crippen LogP contribution in [0.25, 0.3) is 0 Å². The van der Waals surface area contributed by atoms with Gasteiger partial charge in [-0.15, -0.1) is 0 Å². The second-order valence-corrected chi connectivity index (χ2v) is 7.12. The van der Waals surface area contributed by atoms with Crippen LogP contribution in [0.3, 0.4) is 0 Å². The van der Waals surface area contributed by atoms with E-state index < -0.39 is 0 Å². The van der Waals surface area contributed by atoms with Crippen molar-refractivity contribution >= 4 is 23.3 Å². The largest absolute Gasteiger partial charge is 0.333 e. The number of hydrogen-bond donors (Lipinski definition) is 2. The molecule has 0 unspecified atom stereocenters. The maximum absolute atomic E-state index is 12.3. The van der Waals surface area contributed by atoms with Gasteiger partial charge in [0, 0.05) is 24.3 Å². The van der Waals surface area contributed by atoms with E-state index in [2.05, 4.69) is 24.5 Å². The highest BCUT2D eigenvalue weighted by atomic mass is 16.2. The summed E-state index contributed by atoms with van der Waals surface area (Å²) in [4.78, 5) is 26.2. The minimum Gasteiger partial charge on any atom is -0.333 e. The number of aryl methyl sites for hydroxylation is 1. The molecule has 0 spiro atoms. The van der Waals surface area contributed by atoms with Crippen molar-refractivity contribution in [2.75, 3.05) is 16.8 Å². The smallest absolute Gasteiger partial charge is 0.319 e. The predicted molar refractivity (Wildman–Crippen MR) is 105 cm³/mol. The summed E-state index contributed by atoms with van der Waals surface area (Å²) in [6, 6.07) is 15.2. The third-order valence-electron chi connectivity index (χ3n) is 4.64. The Balaban J connectivity index is 1.56. The first-order valence-electron chi connectivity index (χ1n) is 8.97. The zero-order chi connectivity index (χ0) is 18.7. The van der Waals surface area contributed by atoms with Gasteiger partial charge in [0.05, 0.1) is 6.04 Å². The Morgan fingerprint density at radius 3 is 2.35 bits per heavy atom. The Morgan fingerprint density at radius 1 is 1.08 bits per heavy atom. The molecule has 0 bridgehead atoms. The van der Waals surface area contributed by atoms with Gasteiger partial charge >= 0.3 is 6.03 Å². The van der Waals surface area contributed by atoms with Crippen LogP contribution in [0.1, 0.15) is 37.3 Å². The van der Waals surface area contributed by atoms with E-state index in [9.17, 15) is 9.59 Å². The molecule has 1 aliphatic heterocycles. The van der Waals surface area contributed by atoms with Gasteiger partial charge in [0.2, 0.25) is 5.91 Å². The summed E-state index contributed by atoms with van der Waals surface area (Å²) in [7, 11) is 0. The SMILES string of the molecule is Cc1ccc(N2C[C@@H](NC(=O)Nc3ccc(C(C)C)cc3)CC2=O)cc1. The van der Waals surface area contributed by atoms with Gasteiger partial charge in [0.25, 0.3) is 0 Å². The maximum atomic E-state index is 12.3. The molecule has 1 saturated heterocycles. The molecule has 2 aromatic carbocycles. The Kier molecular flexibility index (Phi) is 5.26. The van der Waals surface area contributed by atoms with Crippen molar-refractivity contribution in [3.8, 4) is 0 Å². The highest BCUT2D eigenvalue weighted by Crippen LogP contribution is 2.22. The van der Waals surface area contributed by atoms with Gasteiger partial charge in [-0.3, -0.25) is 4.79 Å². The first-order chi connectivity index (χ1) is 12.4. The number of rotatable bonds is 4. The summed E-state index contributed by atoms with van der Waals surface area (Å²) in [5.74, 6) is 0.482. The molecule has 1 aliphatic rings. The van der Waals surface area contributed by atoms with Gasteiger partial charge in [-0.1, -0.05) is 43.7 Å². The molecule has 136 valence electrons. The maximum Gasteiger partial charge on any atom is 0.319 e.